The van der Waals surface area contributed by atoms with Crippen LogP contribution in [0, 0.1) is 5.92 Å². The second kappa shape index (κ2) is 5.75. The van der Waals surface area contributed by atoms with Gasteiger partial charge in [-0.2, -0.15) is 0 Å². The molecule has 80 valence electrons. The predicted molar refractivity (Wildman–Crippen MR) is 65.9 cm³/mol. The van der Waals surface area contributed by atoms with Crippen molar-refractivity contribution in [3.63, 3.8) is 0 Å². The molecular formula is C15H20. The first-order valence-electron chi connectivity index (χ1n) is 6.16. The van der Waals surface area contributed by atoms with E-state index in [0.29, 0.717) is 0 Å². The van der Waals surface area contributed by atoms with E-state index in [1.165, 1.54) is 44.1 Å². The van der Waals surface area contributed by atoms with Gasteiger partial charge in [0.1, 0.15) is 0 Å². The Hall–Kier alpha value is -1.04. The van der Waals surface area contributed by atoms with Crippen molar-refractivity contribution in [2.45, 2.75) is 38.5 Å². The second-order valence-corrected chi connectivity index (χ2v) is 4.50. The van der Waals surface area contributed by atoms with Gasteiger partial charge < -0.3 is 0 Å². The molecule has 0 radical (unpaired) electrons. The van der Waals surface area contributed by atoms with Crippen molar-refractivity contribution in [1.82, 2.24) is 0 Å². The Morgan fingerprint density at radius 2 is 1.93 bits per heavy atom. The van der Waals surface area contributed by atoms with Gasteiger partial charge in [-0.05, 0) is 43.6 Å². The van der Waals surface area contributed by atoms with Gasteiger partial charge >= 0.3 is 0 Å². The molecule has 2 rings (SSSR count). The zero-order valence-electron chi connectivity index (χ0n) is 9.36. The summed E-state index contributed by atoms with van der Waals surface area (Å²) in [5.41, 5.74) is 1.49. The summed E-state index contributed by atoms with van der Waals surface area (Å²) in [6.07, 6.45) is 12.8. The highest BCUT2D eigenvalue weighted by Crippen LogP contribution is 2.22. The van der Waals surface area contributed by atoms with Gasteiger partial charge in [0.25, 0.3) is 0 Å². The second-order valence-electron chi connectivity index (χ2n) is 4.50. The zero-order valence-corrected chi connectivity index (χ0v) is 9.36. The molecule has 1 atom stereocenters. The summed E-state index contributed by atoms with van der Waals surface area (Å²) in [5, 5.41) is 0. The molecule has 0 heteroatoms. The van der Waals surface area contributed by atoms with E-state index in [4.69, 9.17) is 0 Å². The van der Waals surface area contributed by atoms with Crippen molar-refractivity contribution in [3.8, 4) is 0 Å². The standard InChI is InChI=1S/C15H20/c1-2-8-14(9-3-1)10-4-5-11-15-12-6-7-13-15/h1-3,6,8-9,12,15H,4-5,7,10-11,13H2. The summed E-state index contributed by atoms with van der Waals surface area (Å²) < 4.78 is 0. The van der Waals surface area contributed by atoms with Gasteiger partial charge in [0.15, 0.2) is 0 Å². The third-order valence-electron chi connectivity index (χ3n) is 3.25. The summed E-state index contributed by atoms with van der Waals surface area (Å²) in [7, 11) is 0. The summed E-state index contributed by atoms with van der Waals surface area (Å²) in [6.45, 7) is 0. The molecule has 1 unspecified atom stereocenters. The highest BCUT2D eigenvalue weighted by molar-refractivity contribution is 5.14. The topological polar surface area (TPSA) is 0 Å². The number of rotatable bonds is 5. The normalized spacial score (nSPS) is 19.6. The zero-order chi connectivity index (χ0) is 10.3. The summed E-state index contributed by atoms with van der Waals surface area (Å²) in [5.74, 6) is 0.890. The van der Waals surface area contributed by atoms with Crippen LogP contribution in [0.1, 0.15) is 37.7 Å². The number of unbranched alkanes of at least 4 members (excludes halogenated alkanes) is 1. The quantitative estimate of drug-likeness (QED) is 0.489. The molecule has 1 aliphatic rings. The highest BCUT2D eigenvalue weighted by atomic mass is 14.1. The molecule has 1 aliphatic carbocycles. The smallest absolute Gasteiger partial charge is 0.0231 e. The average molecular weight is 200 g/mol. The Kier molecular flexibility index (Phi) is 4.01. The lowest BCUT2D eigenvalue weighted by atomic mass is 9.99. The molecule has 0 aliphatic heterocycles. The van der Waals surface area contributed by atoms with Crippen LogP contribution in [0.4, 0.5) is 0 Å². The monoisotopic (exact) mass is 200 g/mol. The highest BCUT2D eigenvalue weighted by Gasteiger charge is 2.07. The first kappa shape index (κ1) is 10.5. The lowest BCUT2D eigenvalue weighted by Gasteiger charge is -2.06. The van der Waals surface area contributed by atoms with Crippen molar-refractivity contribution >= 4 is 0 Å². The van der Waals surface area contributed by atoms with E-state index in [9.17, 15) is 0 Å². The Bertz CT molecular complexity index is 297. The Morgan fingerprint density at radius 3 is 2.67 bits per heavy atom. The van der Waals surface area contributed by atoms with Gasteiger partial charge in [-0.3, -0.25) is 0 Å². The van der Waals surface area contributed by atoms with E-state index in [-0.39, 0.29) is 0 Å². The lowest BCUT2D eigenvalue weighted by molar-refractivity contribution is 0.535. The maximum atomic E-state index is 2.41. The van der Waals surface area contributed by atoms with Crippen molar-refractivity contribution < 1.29 is 0 Å². The van der Waals surface area contributed by atoms with E-state index in [2.05, 4.69) is 42.5 Å². The van der Waals surface area contributed by atoms with Gasteiger partial charge in [-0.1, -0.05) is 48.9 Å². The Labute approximate surface area is 93.0 Å². The number of hydrogen-bond donors (Lipinski definition) is 0. The third kappa shape index (κ3) is 3.54. The van der Waals surface area contributed by atoms with Crippen LogP contribution in [-0.2, 0) is 6.42 Å². The van der Waals surface area contributed by atoms with Crippen molar-refractivity contribution in [1.29, 1.82) is 0 Å². The van der Waals surface area contributed by atoms with Crippen molar-refractivity contribution in [2.24, 2.45) is 5.92 Å². The van der Waals surface area contributed by atoms with Crippen LogP contribution in [0.2, 0.25) is 0 Å². The van der Waals surface area contributed by atoms with E-state index in [1.54, 1.807) is 0 Å². The minimum absolute atomic E-state index is 0.890. The number of aryl methyl sites for hydroxylation is 1. The molecule has 0 spiro atoms. The molecule has 0 nitrogen and oxygen atoms in total. The van der Waals surface area contributed by atoms with Crippen LogP contribution < -0.4 is 0 Å². The minimum Gasteiger partial charge on any atom is -0.0882 e. The molecular weight excluding hydrogens is 180 g/mol. The molecule has 1 aromatic carbocycles. The fraction of sp³-hybridized carbons (Fsp3) is 0.467. The van der Waals surface area contributed by atoms with Gasteiger partial charge in [-0.15, -0.1) is 0 Å². The SMILES string of the molecule is C1=CC(CCCCc2ccccc2)CC1. The number of allylic oxidation sites excluding steroid dienone is 2. The molecule has 0 fully saturated rings. The molecule has 0 N–H and O–H groups in total. The summed E-state index contributed by atoms with van der Waals surface area (Å²) in [4.78, 5) is 0. The van der Waals surface area contributed by atoms with Crippen LogP contribution >= 0.6 is 0 Å². The maximum Gasteiger partial charge on any atom is -0.0231 e. The van der Waals surface area contributed by atoms with Gasteiger partial charge in [0, 0.05) is 0 Å². The molecule has 0 saturated carbocycles. The molecule has 0 saturated heterocycles. The Morgan fingerprint density at radius 1 is 1.07 bits per heavy atom. The van der Waals surface area contributed by atoms with Crippen LogP contribution in [0.25, 0.3) is 0 Å². The molecule has 0 amide bonds. The molecule has 0 bridgehead atoms. The van der Waals surface area contributed by atoms with Crippen LogP contribution in [0.5, 0.6) is 0 Å². The van der Waals surface area contributed by atoms with E-state index in [1.807, 2.05) is 0 Å². The van der Waals surface area contributed by atoms with Gasteiger partial charge in [0.2, 0.25) is 0 Å². The van der Waals surface area contributed by atoms with Gasteiger partial charge in [0.05, 0.1) is 0 Å². The van der Waals surface area contributed by atoms with Gasteiger partial charge in [-0.25, -0.2) is 0 Å². The van der Waals surface area contributed by atoms with Crippen LogP contribution in [0.15, 0.2) is 42.5 Å². The maximum absolute atomic E-state index is 2.41. The number of hydrogen-bond acceptors (Lipinski definition) is 0. The minimum atomic E-state index is 0.890. The van der Waals surface area contributed by atoms with E-state index < -0.39 is 0 Å². The largest absolute Gasteiger partial charge is 0.0882 e. The molecule has 0 aromatic heterocycles. The number of benzene rings is 1. The van der Waals surface area contributed by atoms with E-state index >= 15 is 0 Å². The Balaban J connectivity index is 1.61. The molecule has 0 heterocycles. The fourth-order valence-electron chi connectivity index (χ4n) is 2.32. The van der Waals surface area contributed by atoms with Crippen molar-refractivity contribution in [2.75, 3.05) is 0 Å². The third-order valence-corrected chi connectivity index (χ3v) is 3.25. The van der Waals surface area contributed by atoms with Crippen LogP contribution in [0.3, 0.4) is 0 Å². The first-order valence-corrected chi connectivity index (χ1v) is 6.16. The predicted octanol–water partition coefficient (Wildman–Crippen LogP) is 4.37. The van der Waals surface area contributed by atoms with Crippen molar-refractivity contribution in [3.05, 3.63) is 48.0 Å². The first-order chi connectivity index (χ1) is 7.45. The fourth-order valence-corrected chi connectivity index (χ4v) is 2.32. The summed E-state index contributed by atoms with van der Waals surface area (Å²) >= 11 is 0. The molecule has 15 heavy (non-hydrogen) atoms. The van der Waals surface area contributed by atoms with E-state index in [0.717, 1.165) is 5.92 Å². The lowest BCUT2D eigenvalue weighted by Crippen LogP contribution is -1.92. The molecule has 1 aromatic rings. The average Bonchev–Trinajstić information content (AvgIpc) is 2.79. The van der Waals surface area contributed by atoms with Crippen LogP contribution in [-0.4, -0.2) is 0 Å². The summed E-state index contributed by atoms with van der Waals surface area (Å²) in [6, 6.07) is 10.8.